The molecule has 0 saturated heterocycles. The molecule has 0 saturated carbocycles. The molecule has 9 aromatic carbocycles. The summed E-state index contributed by atoms with van der Waals surface area (Å²) >= 11 is 1.85. The zero-order valence-corrected chi connectivity index (χ0v) is 31.8. The summed E-state index contributed by atoms with van der Waals surface area (Å²) in [7, 11) is 0. The predicted molar refractivity (Wildman–Crippen MR) is 243 cm³/mol. The first-order valence-electron chi connectivity index (χ1n) is 19.3. The molecule has 57 heavy (non-hydrogen) atoms. The maximum atomic E-state index is 6.62. The summed E-state index contributed by atoms with van der Waals surface area (Å²) in [5, 5.41) is 4.79. The number of anilines is 3. The van der Waals surface area contributed by atoms with Gasteiger partial charge in [-0.25, -0.2) is 0 Å². The Hall–Kier alpha value is -7.20. The number of fused-ring (bicyclic) bond motifs is 6. The van der Waals surface area contributed by atoms with Crippen LogP contribution in [0.15, 0.2) is 217 Å². The summed E-state index contributed by atoms with van der Waals surface area (Å²) in [6, 6.07) is 76.5. The molecule has 2 heterocycles. The van der Waals surface area contributed by atoms with Crippen LogP contribution in [0.5, 0.6) is 0 Å². The van der Waals surface area contributed by atoms with E-state index in [1.165, 1.54) is 42.4 Å². The predicted octanol–water partition coefficient (Wildman–Crippen LogP) is 16.1. The standard InChI is InChI=1S/C54H35NOS/c1-3-14-36(15-4-1)39-32-40(46-22-13-23-49-47-20-9-11-24-51(47)56-54(46)49)34-43(33-39)55(42-30-31-53-50(35-42)48-21-10-12-25-52(48)57-53)41-28-26-38(27-29-41)45-19-8-7-18-44(45)37-16-5-2-6-17-37/h1-35H. The van der Waals surface area contributed by atoms with E-state index in [4.69, 9.17) is 4.42 Å². The molecule has 0 aliphatic carbocycles. The third-order valence-electron chi connectivity index (χ3n) is 11.1. The Bertz CT molecular complexity index is 3230. The van der Waals surface area contributed by atoms with Crippen LogP contribution >= 0.6 is 11.3 Å². The van der Waals surface area contributed by atoms with Gasteiger partial charge in [-0.2, -0.15) is 0 Å². The largest absolute Gasteiger partial charge is 0.455 e. The maximum Gasteiger partial charge on any atom is 0.143 e. The third kappa shape index (κ3) is 5.88. The average molecular weight is 746 g/mol. The van der Waals surface area contributed by atoms with E-state index in [2.05, 4.69) is 211 Å². The highest BCUT2D eigenvalue weighted by Crippen LogP contribution is 2.45. The van der Waals surface area contributed by atoms with Crippen molar-refractivity contribution in [3.8, 4) is 44.5 Å². The lowest BCUT2D eigenvalue weighted by atomic mass is 9.94. The smallest absolute Gasteiger partial charge is 0.143 e. The average Bonchev–Trinajstić information content (AvgIpc) is 3.86. The van der Waals surface area contributed by atoms with Crippen LogP contribution in [-0.4, -0.2) is 0 Å². The molecule has 268 valence electrons. The zero-order valence-electron chi connectivity index (χ0n) is 31.0. The van der Waals surface area contributed by atoms with Gasteiger partial charge >= 0.3 is 0 Å². The third-order valence-corrected chi connectivity index (χ3v) is 12.2. The highest BCUT2D eigenvalue weighted by Gasteiger charge is 2.20. The van der Waals surface area contributed by atoms with Crippen molar-refractivity contribution >= 4 is 70.5 Å². The molecule has 0 N–H and O–H groups in total. The highest BCUT2D eigenvalue weighted by molar-refractivity contribution is 7.25. The molecule has 2 nitrogen and oxygen atoms in total. The number of hydrogen-bond donors (Lipinski definition) is 0. The molecule has 0 bridgehead atoms. The lowest BCUT2D eigenvalue weighted by Crippen LogP contribution is -2.10. The molecule has 0 spiro atoms. The van der Waals surface area contributed by atoms with Gasteiger partial charge in [0.2, 0.25) is 0 Å². The van der Waals surface area contributed by atoms with Crippen molar-refractivity contribution in [3.63, 3.8) is 0 Å². The number of para-hydroxylation sites is 2. The van der Waals surface area contributed by atoms with Crippen LogP contribution in [0, 0.1) is 0 Å². The van der Waals surface area contributed by atoms with Gasteiger partial charge in [0.1, 0.15) is 11.2 Å². The number of benzene rings is 9. The SMILES string of the molecule is c1ccc(-c2cc(-c3cccc4c3oc3ccccc34)cc(N(c3ccc(-c4ccccc4-c4ccccc4)cc3)c3ccc4sc5ccccc5c4c3)c2)cc1. The summed E-state index contributed by atoms with van der Waals surface area (Å²) in [6.07, 6.45) is 0. The van der Waals surface area contributed by atoms with Gasteiger partial charge in [-0.05, 0) is 99.6 Å². The van der Waals surface area contributed by atoms with Crippen LogP contribution in [0.2, 0.25) is 0 Å². The first kappa shape index (κ1) is 33.2. The number of hydrogen-bond acceptors (Lipinski definition) is 3. The van der Waals surface area contributed by atoms with Gasteiger partial charge in [0, 0.05) is 53.6 Å². The molecular weight excluding hydrogens is 711 g/mol. The van der Waals surface area contributed by atoms with Crippen LogP contribution in [0.3, 0.4) is 0 Å². The molecule has 0 aliphatic heterocycles. The van der Waals surface area contributed by atoms with E-state index < -0.39 is 0 Å². The van der Waals surface area contributed by atoms with Gasteiger partial charge in [-0.3, -0.25) is 0 Å². The Morgan fingerprint density at radius 3 is 1.68 bits per heavy atom. The van der Waals surface area contributed by atoms with Crippen molar-refractivity contribution < 1.29 is 4.42 Å². The molecule has 3 heteroatoms. The van der Waals surface area contributed by atoms with Gasteiger partial charge in [0.25, 0.3) is 0 Å². The number of nitrogens with zero attached hydrogens (tertiary/aromatic N) is 1. The van der Waals surface area contributed by atoms with Crippen LogP contribution < -0.4 is 4.90 Å². The van der Waals surface area contributed by atoms with E-state index >= 15 is 0 Å². The fraction of sp³-hybridized carbons (Fsp3) is 0. The van der Waals surface area contributed by atoms with Crippen molar-refractivity contribution in [1.82, 2.24) is 0 Å². The fourth-order valence-corrected chi connectivity index (χ4v) is 9.45. The summed E-state index contributed by atoms with van der Waals surface area (Å²) in [5.41, 5.74) is 14.3. The van der Waals surface area contributed by atoms with Crippen LogP contribution in [0.25, 0.3) is 86.6 Å². The van der Waals surface area contributed by atoms with Crippen LogP contribution in [0.4, 0.5) is 17.1 Å². The minimum absolute atomic E-state index is 0.895. The van der Waals surface area contributed by atoms with E-state index in [0.29, 0.717) is 0 Å². The summed E-state index contributed by atoms with van der Waals surface area (Å²) in [4.78, 5) is 2.41. The highest BCUT2D eigenvalue weighted by atomic mass is 32.1. The normalized spacial score (nSPS) is 11.5. The van der Waals surface area contributed by atoms with Crippen molar-refractivity contribution in [3.05, 3.63) is 212 Å². The number of thiophene rings is 1. The second-order valence-electron chi connectivity index (χ2n) is 14.5. The van der Waals surface area contributed by atoms with Gasteiger partial charge in [0.15, 0.2) is 0 Å². The topological polar surface area (TPSA) is 16.4 Å². The van der Waals surface area contributed by atoms with Gasteiger partial charge in [-0.1, -0.05) is 152 Å². The first-order valence-corrected chi connectivity index (χ1v) is 20.1. The summed E-state index contributed by atoms with van der Waals surface area (Å²) in [6.45, 7) is 0. The van der Waals surface area contributed by atoms with Gasteiger partial charge < -0.3 is 9.32 Å². The second kappa shape index (κ2) is 13.8. The van der Waals surface area contributed by atoms with Crippen LogP contribution in [-0.2, 0) is 0 Å². The summed E-state index contributed by atoms with van der Waals surface area (Å²) < 4.78 is 9.19. The molecule has 0 unspecified atom stereocenters. The number of furan rings is 1. The Morgan fingerprint density at radius 1 is 0.316 bits per heavy atom. The van der Waals surface area contributed by atoms with E-state index in [1.807, 2.05) is 17.4 Å². The van der Waals surface area contributed by atoms with Gasteiger partial charge in [-0.15, -0.1) is 11.3 Å². The molecule has 0 aliphatic rings. The molecule has 11 aromatic rings. The Labute approximate surface area is 335 Å². The van der Waals surface area contributed by atoms with Crippen molar-refractivity contribution in [2.24, 2.45) is 0 Å². The molecule has 0 amide bonds. The molecular formula is C54H35NOS. The van der Waals surface area contributed by atoms with E-state index in [9.17, 15) is 0 Å². The first-order chi connectivity index (χ1) is 28.2. The maximum absolute atomic E-state index is 6.62. The lowest BCUT2D eigenvalue weighted by Gasteiger charge is -2.27. The van der Waals surface area contributed by atoms with E-state index in [1.54, 1.807) is 0 Å². The minimum Gasteiger partial charge on any atom is -0.455 e. The molecule has 11 rings (SSSR count). The van der Waals surface area contributed by atoms with E-state index in [-0.39, 0.29) is 0 Å². The van der Waals surface area contributed by atoms with Crippen molar-refractivity contribution in [2.75, 3.05) is 4.90 Å². The lowest BCUT2D eigenvalue weighted by molar-refractivity contribution is 0.670. The summed E-state index contributed by atoms with van der Waals surface area (Å²) in [5.74, 6) is 0. The molecule has 0 atom stereocenters. The van der Waals surface area contributed by atoms with Crippen LogP contribution in [0.1, 0.15) is 0 Å². The molecule has 0 fully saturated rings. The molecule has 0 radical (unpaired) electrons. The van der Waals surface area contributed by atoms with Gasteiger partial charge in [0.05, 0.1) is 0 Å². The Kier molecular flexibility index (Phi) is 8.04. The number of rotatable bonds is 7. The quantitative estimate of drug-likeness (QED) is 0.162. The Morgan fingerprint density at radius 2 is 0.895 bits per heavy atom. The van der Waals surface area contributed by atoms with Crippen molar-refractivity contribution in [2.45, 2.75) is 0 Å². The zero-order chi connectivity index (χ0) is 37.7. The minimum atomic E-state index is 0.895. The Balaban J connectivity index is 1.13. The van der Waals surface area contributed by atoms with E-state index in [0.717, 1.165) is 61.3 Å². The molecule has 2 aromatic heterocycles. The monoisotopic (exact) mass is 745 g/mol. The second-order valence-corrected chi connectivity index (χ2v) is 15.6. The fourth-order valence-electron chi connectivity index (χ4n) is 8.36. The van der Waals surface area contributed by atoms with Crippen molar-refractivity contribution in [1.29, 1.82) is 0 Å².